The fourth-order valence-corrected chi connectivity index (χ4v) is 2.16. The van der Waals surface area contributed by atoms with Gasteiger partial charge in [-0.2, -0.15) is 0 Å². The van der Waals surface area contributed by atoms with Crippen LogP contribution in [-0.2, 0) is 6.42 Å². The van der Waals surface area contributed by atoms with E-state index >= 15 is 0 Å². The molecule has 0 bridgehead atoms. The van der Waals surface area contributed by atoms with E-state index in [1.54, 1.807) is 0 Å². The van der Waals surface area contributed by atoms with Gasteiger partial charge in [-0.15, -0.1) is 11.8 Å². The van der Waals surface area contributed by atoms with E-state index in [1.165, 1.54) is 16.5 Å². The van der Waals surface area contributed by atoms with Gasteiger partial charge >= 0.3 is 0 Å². The van der Waals surface area contributed by atoms with Crippen LogP contribution in [0.5, 0.6) is 0 Å². The summed E-state index contributed by atoms with van der Waals surface area (Å²) < 4.78 is 0. The number of hydrogen-bond donors (Lipinski definition) is 2. The Bertz CT molecular complexity index is 488. The Morgan fingerprint density at radius 2 is 2.06 bits per heavy atom. The molecule has 2 nitrogen and oxygen atoms in total. The van der Waals surface area contributed by atoms with Gasteiger partial charge in [0.05, 0.1) is 4.87 Å². The molecule has 0 aliphatic carbocycles. The van der Waals surface area contributed by atoms with E-state index in [9.17, 15) is 0 Å². The lowest BCUT2D eigenvalue weighted by atomic mass is 10.1. The van der Waals surface area contributed by atoms with Gasteiger partial charge in [0.15, 0.2) is 0 Å². The number of aromatic nitrogens is 1. The normalized spacial score (nSPS) is 12.2. The molecule has 92 valence electrons. The Labute approximate surface area is 107 Å². The summed E-state index contributed by atoms with van der Waals surface area (Å²) in [7, 11) is 0. The highest BCUT2D eigenvalue weighted by molar-refractivity contribution is 7.99. The second kappa shape index (κ2) is 5.15. The van der Waals surface area contributed by atoms with Crippen LogP contribution in [-0.4, -0.2) is 22.7 Å². The van der Waals surface area contributed by atoms with Crippen LogP contribution in [0.3, 0.4) is 0 Å². The second-order valence-corrected chi connectivity index (χ2v) is 6.18. The van der Waals surface area contributed by atoms with E-state index in [0.717, 1.165) is 13.0 Å². The van der Waals surface area contributed by atoms with Crippen molar-refractivity contribution in [1.82, 2.24) is 10.3 Å². The molecule has 0 atom stereocenters. The summed E-state index contributed by atoms with van der Waals surface area (Å²) in [6, 6.07) is 8.47. The highest BCUT2D eigenvalue weighted by Gasteiger charge is 2.14. The molecule has 0 fully saturated rings. The van der Waals surface area contributed by atoms with Gasteiger partial charge in [-0.3, -0.25) is 0 Å². The van der Waals surface area contributed by atoms with Crippen molar-refractivity contribution in [2.75, 3.05) is 12.8 Å². The quantitative estimate of drug-likeness (QED) is 0.794. The van der Waals surface area contributed by atoms with Crippen molar-refractivity contribution in [2.45, 2.75) is 25.1 Å². The third-order valence-corrected chi connectivity index (χ3v) is 4.30. The maximum atomic E-state index is 3.56. The van der Waals surface area contributed by atoms with Crippen LogP contribution in [0.15, 0.2) is 30.5 Å². The maximum absolute atomic E-state index is 3.56. The minimum atomic E-state index is 0.159. The van der Waals surface area contributed by atoms with Gasteiger partial charge < -0.3 is 10.3 Å². The van der Waals surface area contributed by atoms with Crippen molar-refractivity contribution >= 4 is 22.7 Å². The number of benzene rings is 1. The number of hydrogen-bond acceptors (Lipinski definition) is 2. The molecule has 0 saturated heterocycles. The van der Waals surface area contributed by atoms with Gasteiger partial charge in [0.25, 0.3) is 0 Å². The lowest BCUT2D eigenvalue weighted by Crippen LogP contribution is -2.36. The minimum Gasteiger partial charge on any atom is -0.361 e. The largest absolute Gasteiger partial charge is 0.361 e. The van der Waals surface area contributed by atoms with Crippen LogP contribution in [0.25, 0.3) is 10.9 Å². The highest BCUT2D eigenvalue weighted by Crippen LogP contribution is 2.19. The molecule has 2 rings (SSSR count). The van der Waals surface area contributed by atoms with Crippen LogP contribution >= 0.6 is 11.8 Å². The summed E-state index contributed by atoms with van der Waals surface area (Å²) in [5.74, 6) is 0. The van der Waals surface area contributed by atoms with E-state index in [0.29, 0.717) is 0 Å². The fraction of sp³-hybridized carbons (Fsp3) is 0.429. The van der Waals surface area contributed by atoms with Gasteiger partial charge in [-0.05, 0) is 38.2 Å². The van der Waals surface area contributed by atoms with Crippen LogP contribution < -0.4 is 5.32 Å². The van der Waals surface area contributed by atoms with Crippen molar-refractivity contribution in [3.8, 4) is 0 Å². The van der Waals surface area contributed by atoms with Crippen molar-refractivity contribution in [1.29, 1.82) is 0 Å². The van der Waals surface area contributed by atoms with Crippen LogP contribution in [0.2, 0.25) is 0 Å². The molecule has 17 heavy (non-hydrogen) atoms. The third kappa shape index (κ3) is 3.05. The molecule has 0 spiro atoms. The molecule has 2 aromatic rings. The van der Waals surface area contributed by atoms with Crippen LogP contribution in [0, 0.1) is 0 Å². The molecule has 3 heteroatoms. The first-order valence-electron chi connectivity index (χ1n) is 5.97. The topological polar surface area (TPSA) is 27.8 Å². The summed E-state index contributed by atoms with van der Waals surface area (Å²) in [6.45, 7) is 5.44. The van der Waals surface area contributed by atoms with Crippen molar-refractivity contribution in [3.63, 3.8) is 0 Å². The molecule has 1 aromatic heterocycles. The molecule has 0 amide bonds. The van der Waals surface area contributed by atoms with E-state index in [4.69, 9.17) is 0 Å². The zero-order valence-electron chi connectivity index (χ0n) is 10.7. The van der Waals surface area contributed by atoms with Crippen LogP contribution in [0.1, 0.15) is 19.4 Å². The Balaban J connectivity index is 2.00. The molecule has 2 N–H and O–H groups in total. The third-order valence-electron chi connectivity index (χ3n) is 3.13. The standard InChI is InChI=1S/C14H20N2S/c1-14(2,17-3)16-9-8-11-10-15-13-7-5-4-6-12(11)13/h4-7,10,15-16H,8-9H2,1-3H3. The van der Waals surface area contributed by atoms with Crippen molar-refractivity contribution < 1.29 is 0 Å². The number of H-pyrrole nitrogens is 1. The lowest BCUT2D eigenvalue weighted by molar-refractivity contribution is 0.546. The first-order chi connectivity index (χ1) is 8.12. The van der Waals surface area contributed by atoms with Crippen LogP contribution in [0.4, 0.5) is 0 Å². The number of rotatable bonds is 5. The first-order valence-corrected chi connectivity index (χ1v) is 7.20. The Morgan fingerprint density at radius 3 is 2.82 bits per heavy atom. The van der Waals surface area contributed by atoms with Gasteiger partial charge in [0.1, 0.15) is 0 Å². The first kappa shape index (κ1) is 12.5. The van der Waals surface area contributed by atoms with E-state index in [2.05, 4.69) is 60.9 Å². The number of aromatic amines is 1. The molecule has 0 saturated carbocycles. The summed E-state index contributed by atoms with van der Waals surface area (Å²) in [4.78, 5) is 3.48. The maximum Gasteiger partial charge on any atom is 0.0585 e. The molecular weight excluding hydrogens is 228 g/mol. The zero-order chi connectivity index (χ0) is 12.3. The van der Waals surface area contributed by atoms with E-state index < -0.39 is 0 Å². The predicted octanol–water partition coefficient (Wildman–Crippen LogP) is 3.40. The number of para-hydroxylation sites is 1. The fourth-order valence-electron chi connectivity index (χ4n) is 1.91. The molecule has 0 radical (unpaired) electrons. The van der Waals surface area contributed by atoms with Gasteiger partial charge in [0, 0.05) is 23.6 Å². The SMILES string of the molecule is CSC(C)(C)NCCc1c[nH]c2ccccc12. The highest BCUT2D eigenvalue weighted by atomic mass is 32.2. The smallest absolute Gasteiger partial charge is 0.0585 e. The molecular formula is C14H20N2S. The van der Waals surface area contributed by atoms with Crippen molar-refractivity contribution in [3.05, 3.63) is 36.0 Å². The minimum absolute atomic E-state index is 0.159. The summed E-state index contributed by atoms with van der Waals surface area (Å²) >= 11 is 1.85. The van der Waals surface area contributed by atoms with Gasteiger partial charge in [0.2, 0.25) is 0 Å². The summed E-state index contributed by atoms with van der Waals surface area (Å²) in [6.07, 6.45) is 5.32. The monoisotopic (exact) mass is 248 g/mol. The number of nitrogens with one attached hydrogen (secondary N) is 2. The zero-order valence-corrected chi connectivity index (χ0v) is 11.5. The van der Waals surface area contributed by atoms with Gasteiger partial charge in [-0.1, -0.05) is 18.2 Å². The molecule has 0 unspecified atom stereocenters. The lowest BCUT2D eigenvalue weighted by Gasteiger charge is -2.23. The molecule has 1 heterocycles. The molecule has 0 aliphatic rings. The van der Waals surface area contributed by atoms with E-state index in [-0.39, 0.29) is 4.87 Å². The average molecular weight is 248 g/mol. The predicted molar refractivity (Wildman–Crippen MR) is 77.6 cm³/mol. The Hall–Kier alpha value is -0.930. The molecule has 1 aromatic carbocycles. The Kier molecular flexibility index (Phi) is 3.79. The average Bonchev–Trinajstić information content (AvgIpc) is 2.73. The Morgan fingerprint density at radius 1 is 1.29 bits per heavy atom. The van der Waals surface area contributed by atoms with E-state index in [1.807, 2.05) is 11.8 Å². The second-order valence-electron chi connectivity index (χ2n) is 4.75. The summed E-state index contributed by atoms with van der Waals surface area (Å²) in [5.41, 5.74) is 2.62. The van der Waals surface area contributed by atoms with Gasteiger partial charge in [-0.25, -0.2) is 0 Å². The number of thioether (sulfide) groups is 1. The number of fused-ring (bicyclic) bond motifs is 1. The molecule has 0 aliphatic heterocycles. The van der Waals surface area contributed by atoms with Crippen molar-refractivity contribution in [2.24, 2.45) is 0 Å². The summed E-state index contributed by atoms with van der Waals surface area (Å²) in [5, 5.41) is 4.90.